The molecule has 0 aliphatic heterocycles. The maximum Gasteiger partial charge on any atom is 0.230 e. The second-order valence-corrected chi connectivity index (χ2v) is 8.78. The second-order valence-electron chi connectivity index (χ2n) is 7.84. The summed E-state index contributed by atoms with van der Waals surface area (Å²) in [4.78, 5) is 15.6. The number of benzene rings is 1. The largest absolute Gasteiger partial charge is 0.358 e. The molecule has 0 saturated carbocycles. The highest BCUT2D eigenvalue weighted by molar-refractivity contribution is 7.99. The Balaban J connectivity index is 1.81. The maximum absolute atomic E-state index is 12.1. The van der Waals surface area contributed by atoms with Gasteiger partial charge in [-0.05, 0) is 39.3 Å². The third-order valence-corrected chi connectivity index (χ3v) is 5.28. The van der Waals surface area contributed by atoms with Crippen molar-refractivity contribution in [2.45, 2.75) is 51.4 Å². The van der Waals surface area contributed by atoms with E-state index in [0.717, 1.165) is 22.2 Å². The summed E-state index contributed by atoms with van der Waals surface area (Å²) in [6.07, 6.45) is 2.50. The molecule has 0 aliphatic carbocycles. The van der Waals surface area contributed by atoms with E-state index < -0.39 is 0 Å². The number of fused-ring (bicyclic) bond motifs is 1. The van der Waals surface area contributed by atoms with E-state index in [4.69, 9.17) is 0 Å². The van der Waals surface area contributed by atoms with Crippen LogP contribution in [0.3, 0.4) is 0 Å². The van der Waals surface area contributed by atoms with Crippen molar-refractivity contribution in [1.29, 1.82) is 0 Å². The molecule has 0 saturated heterocycles. The van der Waals surface area contributed by atoms with E-state index in [1.54, 1.807) is 0 Å². The number of carbonyl (C=O) groups is 1. The fourth-order valence-corrected chi connectivity index (χ4v) is 3.94. The van der Waals surface area contributed by atoms with Gasteiger partial charge in [-0.15, -0.1) is 16.8 Å². The zero-order chi connectivity index (χ0) is 20.3. The molecule has 0 aliphatic rings. The fraction of sp³-hybridized carbons (Fsp3) is 0.381. The summed E-state index contributed by atoms with van der Waals surface area (Å²) in [6, 6.07) is 8.27. The topological polar surface area (TPSA) is 75.6 Å². The summed E-state index contributed by atoms with van der Waals surface area (Å²) in [7, 11) is 0. The van der Waals surface area contributed by atoms with Crippen molar-refractivity contribution in [3.63, 3.8) is 0 Å². The first-order valence-corrected chi connectivity index (χ1v) is 10.3. The van der Waals surface area contributed by atoms with Crippen LogP contribution in [-0.4, -0.2) is 36.9 Å². The van der Waals surface area contributed by atoms with Crippen molar-refractivity contribution in [2.24, 2.45) is 0 Å². The zero-order valence-electron chi connectivity index (χ0n) is 16.9. The van der Waals surface area contributed by atoms with E-state index in [2.05, 4.69) is 46.1 Å². The lowest BCUT2D eigenvalue weighted by Gasteiger charge is -2.20. The summed E-state index contributed by atoms with van der Waals surface area (Å²) < 4.78 is 2.03. The van der Waals surface area contributed by atoms with E-state index in [1.807, 2.05) is 43.5 Å². The molecule has 3 aromatic rings. The monoisotopic (exact) mass is 397 g/mol. The Labute approximate surface area is 169 Å². The number of aryl methyl sites for hydroxylation is 1. The normalized spacial score (nSPS) is 11.7. The van der Waals surface area contributed by atoms with Crippen LogP contribution in [0.15, 0.2) is 42.1 Å². The summed E-state index contributed by atoms with van der Waals surface area (Å²) in [5.41, 5.74) is 3.23. The standard InChI is InChI=1S/C21H27N5OS/c1-6-11-26-18(12-16-14(2)22-17-10-8-7-9-15(16)17)24-25-20(26)28-13-19(27)23-21(3,4)5/h6-10,22H,1,11-13H2,2-5H3,(H,23,27). The van der Waals surface area contributed by atoms with Gasteiger partial charge in [0.1, 0.15) is 5.82 Å². The predicted octanol–water partition coefficient (Wildman–Crippen LogP) is 3.85. The summed E-state index contributed by atoms with van der Waals surface area (Å²) in [5, 5.41) is 13.6. The second kappa shape index (κ2) is 8.22. The molecular formula is C21H27N5OS. The van der Waals surface area contributed by atoms with Crippen molar-refractivity contribution < 1.29 is 4.79 Å². The number of allylic oxidation sites excluding steroid dienone is 1. The van der Waals surface area contributed by atoms with Gasteiger partial charge >= 0.3 is 0 Å². The van der Waals surface area contributed by atoms with Crippen LogP contribution in [0.1, 0.15) is 37.9 Å². The van der Waals surface area contributed by atoms with Crippen LogP contribution in [0.25, 0.3) is 10.9 Å². The highest BCUT2D eigenvalue weighted by Gasteiger charge is 2.18. The number of H-pyrrole nitrogens is 1. The lowest BCUT2D eigenvalue weighted by molar-refractivity contribution is -0.119. The Bertz CT molecular complexity index is 996. The number of hydrogen-bond acceptors (Lipinski definition) is 4. The van der Waals surface area contributed by atoms with Crippen LogP contribution < -0.4 is 5.32 Å². The highest BCUT2D eigenvalue weighted by atomic mass is 32.2. The van der Waals surface area contributed by atoms with E-state index in [0.29, 0.717) is 18.7 Å². The Hall–Kier alpha value is -2.54. The van der Waals surface area contributed by atoms with Gasteiger partial charge in [0.2, 0.25) is 5.91 Å². The third kappa shape index (κ3) is 4.65. The summed E-state index contributed by atoms with van der Waals surface area (Å²) >= 11 is 1.40. The van der Waals surface area contributed by atoms with E-state index in [-0.39, 0.29) is 11.4 Å². The zero-order valence-corrected chi connectivity index (χ0v) is 17.7. The Morgan fingerprint density at radius 3 is 2.79 bits per heavy atom. The number of para-hydroxylation sites is 1. The summed E-state index contributed by atoms with van der Waals surface area (Å²) in [6.45, 7) is 12.4. The van der Waals surface area contributed by atoms with Gasteiger partial charge in [0.25, 0.3) is 0 Å². The first-order valence-electron chi connectivity index (χ1n) is 9.31. The van der Waals surface area contributed by atoms with Gasteiger partial charge in [0.05, 0.1) is 5.75 Å². The molecule has 3 rings (SSSR count). The molecule has 28 heavy (non-hydrogen) atoms. The van der Waals surface area contributed by atoms with Gasteiger partial charge < -0.3 is 14.9 Å². The molecule has 2 aromatic heterocycles. The molecule has 0 radical (unpaired) electrons. The first-order chi connectivity index (χ1) is 13.3. The number of amides is 1. The molecular weight excluding hydrogens is 370 g/mol. The number of carbonyl (C=O) groups excluding carboxylic acids is 1. The number of rotatable bonds is 7. The molecule has 0 bridgehead atoms. The molecule has 2 N–H and O–H groups in total. The van der Waals surface area contributed by atoms with Gasteiger partial charge in [0.15, 0.2) is 5.16 Å². The van der Waals surface area contributed by atoms with Gasteiger partial charge in [-0.1, -0.05) is 36.0 Å². The number of thioether (sulfide) groups is 1. The average molecular weight is 398 g/mol. The van der Waals surface area contributed by atoms with Crippen LogP contribution in [-0.2, 0) is 17.8 Å². The Morgan fingerprint density at radius 2 is 2.07 bits per heavy atom. The van der Waals surface area contributed by atoms with Gasteiger partial charge in [-0.3, -0.25) is 4.79 Å². The summed E-state index contributed by atoms with van der Waals surface area (Å²) in [5.74, 6) is 1.16. The van der Waals surface area contributed by atoms with Crippen molar-refractivity contribution in [3.8, 4) is 0 Å². The van der Waals surface area contributed by atoms with Crippen LogP contribution in [0.4, 0.5) is 0 Å². The number of nitrogens with zero attached hydrogens (tertiary/aromatic N) is 3. The third-order valence-electron chi connectivity index (χ3n) is 4.31. The molecule has 0 spiro atoms. The minimum absolute atomic E-state index is 0.0142. The van der Waals surface area contributed by atoms with Gasteiger partial charge in [0, 0.05) is 35.1 Å². The molecule has 7 heteroatoms. The Kier molecular flexibility index (Phi) is 5.93. The number of aromatic nitrogens is 4. The van der Waals surface area contributed by atoms with Crippen LogP contribution in [0, 0.1) is 6.92 Å². The average Bonchev–Trinajstić information content (AvgIpc) is 3.14. The quantitative estimate of drug-likeness (QED) is 0.469. The lowest BCUT2D eigenvalue weighted by Crippen LogP contribution is -2.41. The van der Waals surface area contributed by atoms with E-state index >= 15 is 0 Å². The van der Waals surface area contributed by atoms with Crippen LogP contribution in [0.2, 0.25) is 0 Å². The van der Waals surface area contributed by atoms with E-state index in [9.17, 15) is 4.79 Å². The number of hydrogen-bond donors (Lipinski definition) is 2. The highest BCUT2D eigenvalue weighted by Crippen LogP contribution is 2.26. The molecule has 0 unspecified atom stereocenters. The predicted molar refractivity (Wildman–Crippen MR) is 115 cm³/mol. The molecule has 148 valence electrons. The van der Waals surface area contributed by atoms with Crippen molar-refractivity contribution in [1.82, 2.24) is 25.1 Å². The van der Waals surface area contributed by atoms with Gasteiger partial charge in [-0.2, -0.15) is 0 Å². The number of aromatic amines is 1. The first kappa shape index (κ1) is 20.2. The fourth-order valence-electron chi connectivity index (χ4n) is 3.17. The molecule has 1 amide bonds. The lowest BCUT2D eigenvalue weighted by atomic mass is 10.1. The smallest absolute Gasteiger partial charge is 0.230 e. The molecule has 0 fully saturated rings. The molecule has 2 heterocycles. The van der Waals surface area contributed by atoms with E-state index in [1.165, 1.54) is 22.7 Å². The van der Waals surface area contributed by atoms with Crippen molar-refractivity contribution in [2.75, 3.05) is 5.75 Å². The minimum atomic E-state index is -0.246. The van der Waals surface area contributed by atoms with Gasteiger partial charge in [-0.25, -0.2) is 0 Å². The van der Waals surface area contributed by atoms with Crippen molar-refractivity contribution in [3.05, 3.63) is 54.0 Å². The van der Waals surface area contributed by atoms with Crippen molar-refractivity contribution >= 4 is 28.6 Å². The maximum atomic E-state index is 12.1. The molecule has 6 nitrogen and oxygen atoms in total. The Morgan fingerprint density at radius 1 is 1.32 bits per heavy atom. The number of nitrogens with one attached hydrogen (secondary N) is 2. The van der Waals surface area contributed by atoms with Crippen LogP contribution in [0.5, 0.6) is 0 Å². The molecule has 1 aromatic carbocycles. The molecule has 0 atom stereocenters. The SMILES string of the molecule is C=CCn1c(Cc2c(C)[nH]c3ccccc23)nnc1SCC(=O)NC(C)(C)C. The minimum Gasteiger partial charge on any atom is -0.358 e. The van der Waals surface area contributed by atoms with Crippen LogP contribution >= 0.6 is 11.8 Å².